The number of nitrogens with zero attached hydrogens (tertiary/aromatic N) is 1. The predicted octanol–water partition coefficient (Wildman–Crippen LogP) is 3.09. The highest BCUT2D eigenvalue weighted by Crippen LogP contribution is 2.36. The van der Waals surface area contributed by atoms with Gasteiger partial charge in [0.1, 0.15) is 12.1 Å². The van der Waals surface area contributed by atoms with Gasteiger partial charge in [-0.3, -0.25) is 19.2 Å². The highest BCUT2D eigenvalue weighted by molar-refractivity contribution is 7.92. The van der Waals surface area contributed by atoms with Crippen LogP contribution in [0.5, 0.6) is 0 Å². The summed E-state index contributed by atoms with van der Waals surface area (Å²) < 4.78 is 25.6. The van der Waals surface area contributed by atoms with Gasteiger partial charge in [-0.2, -0.15) is 0 Å². The molecule has 0 radical (unpaired) electrons. The first kappa shape index (κ1) is 38.7. The molecular weight excluding hydrogens is 622 g/mol. The number of amides is 5. The zero-order chi connectivity index (χ0) is 35.5. The molecule has 5 amide bonds. The minimum absolute atomic E-state index is 0.0420. The third kappa shape index (κ3) is 9.69. The molecule has 3 aliphatic rings. The Morgan fingerprint density at radius 2 is 1.49 bits per heavy atom. The van der Waals surface area contributed by atoms with Crippen molar-refractivity contribution < 1.29 is 32.4 Å². The number of likely N-dealkylation sites (N-methyl/N-ethyl adjacent to an activating group) is 1. The Morgan fingerprint density at radius 3 is 1.98 bits per heavy atom. The van der Waals surface area contributed by atoms with Gasteiger partial charge in [0.25, 0.3) is 5.91 Å². The molecule has 3 rings (SSSR count). The van der Waals surface area contributed by atoms with Crippen LogP contribution in [0.4, 0.5) is 4.79 Å². The summed E-state index contributed by atoms with van der Waals surface area (Å²) in [6.07, 6.45) is 6.35. The number of carbonyl (C=O) groups excluding carboxylic acids is 5. The molecule has 0 bridgehead atoms. The topological polar surface area (TPSA) is 171 Å². The molecular formula is C34H59N5O7S. The van der Waals surface area contributed by atoms with E-state index >= 15 is 0 Å². The number of carbonyl (C=O) groups is 5. The standard InChI is InChI=1S/C34H59N5O7S/c1-21(2)23-15-18-39(25(23)28(41)36-24(19-22-13-14-22)26(40)29(42)35-9)30(43)27(32(3,4)5)37-31(44)38-34(16-11-10-12-17-34)20-47(45,46)33(6,7)8/h21-25,27H,10-20H2,1-9H3,(H,35,42)(H,36,41)(H2,37,38,44)/t23?,24-,25-,27+/m0/s1. The van der Waals surface area contributed by atoms with E-state index in [1.807, 2.05) is 34.6 Å². The van der Waals surface area contributed by atoms with Gasteiger partial charge in [-0.25, -0.2) is 13.2 Å². The van der Waals surface area contributed by atoms with Gasteiger partial charge < -0.3 is 26.2 Å². The molecule has 0 aromatic heterocycles. The van der Waals surface area contributed by atoms with E-state index in [-0.39, 0.29) is 23.5 Å². The molecule has 47 heavy (non-hydrogen) atoms. The molecule has 13 heteroatoms. The van der Waals surface area contributed by atoms with Gasteiger partial charge in [-0.1, -0.05) is 66.7 Å². The van der Waals surface area contributed by atoms with Crippen LogP contribution in [0.2, 0.25) is 0 Å². The van der Waals surface area contributed by atoms with Crippen molar-refractivity contribution in [2.45, 2.75) is 142 Å². The molecule has 1 saturated heterocycles. The molecule has 1 unspecified atom stereocenters. The molecule has 12 nitrogen and oxygen atoms in total. The molecule has 3 fully saturated rings. The summed E-state index contributed by atoms with van der Waals surface area (Å²) >= 11 is 0. The van der Waals surface area contributed by atoms with Crippen LogP contribution in [0.3, 0.4) is 0 Å². The van der Waals surface area contributed by atoms with Crippen molar-refractivity contribution in [2.75, 3.05) is 19.3 Å². The normalized spacial score (nSPS) is 23.1. The van der Waals surface area contributed by atoms with Crippen LogP contribution in [0.25, 0.3) is 0 Å². The van der Waals surface area contributed by atoms with Crippen molar-refractivity contribution in [1.82, 2.24) is 26.2 Å². The fraction of sp³-hybridized carbons (Fsp3) is 0.853. The Morgan fingerprint density at radius 1 is 0.894 bits per heavy atom. The van der Waals surface area contributed by atoms with Gasteiger partial charge in [-0.15, -0.1) is 0 Å². The van der Waals surface area contributed by atoms with Crippen LogP contribution in [-0.2, 0) is 29.0 Å². The van der Waals surface area contributed by atoms with Crippen LogP contribution < -0.4 is 21.3 Å². The molecule has 2 saturated carbocycles. The number of likely N-dealkylation sites (tertiary alicyclic amines) is 1. The average molecular weight is 682 g/mol. The summed E-state index contributed by atoms with van der Waals surface area (Å²) in [5.41, 5.74) is -1.71. The Labute approximate surface area is 281 Å². The summed E-state index contributed by atoms with van der Waals surface area (Å²) in [4.78, 5) is 68.7. The lowest BCUT2D eigenvalue weighted by Crippen LogP contribution is -2.64. The maximum atomic E-state index is 14.4. The molecule has 4 atom stereocenters. The van der Waals surface area contributed by atoms with Crippen LogP contribution in [0, 0.1) is 23.2 Å². The summed E-state index contributed by atoms with van der Waals surface area (Å²) in [6.45, 7) is 14.7. The quantitative estimate of drug-likeness (QED) is 0.229. The summed E-state index contributed by atoms with van der Waals surface area (Å²) in [5, 5.41) is 11.0. The SMILES string of the molecule is CNC(=O)C(=O)[C@H](CC1CC1)NC(=O)[C@@H]1C(C(C)C)CCN1C(=O)[C@@H](NC(=O)NC1(CS(=O)(=O)C(C)(C)C)CCCCC1)C(C)(C)C. The van der Waals surface area contributed by atoms with Crippen molar-refractivity contribution in [3.05, 3.63) is 0 Å². The number of hydrogen-bond donors (Lipinski definition) is 4. The predicted molar refractivity (Wildman–Crippen MR) is 181 cm³/mol. The molecule has 0 aromatic rings. The first-order valence-corrected chi connectivity index (χ1v) is 19.0. The Hall–Kier alpha value is -2.70. The van der Waals surface area contributed by atoms with Crippen molar-refractivity contribution in [2.24, 2.45) is 23.2 Å². The third-order valence-electron chi connectivity index (χ3n) is 10.2. The van der Waals surface area contributed by atoms with Crippen molar-refractivity contribution in [3.63, 3.8) is 0 Å². The van der Waals surface area contributed by atoms with E-state index in [1.165, 1.54) is 11.9 Å². The highest BCUT2D eigenvalue weighted by atomic mass is 32.2. The lowest BCUT2D eigenvalue weighted by atomic mass is 9.83. The second-order valence-corrected chi connectivity index (χ2v) is 19.2. The lowest BCUT2D eigenvalue weighted by molar-refractivity contribution is -0.144. The van der Waals surface area contributed by atoms with E-state index in [2.05, 4.69) is 21.3 Å². The van der Waals surface area contributed by atoms with Crippen molar-refractivity contribution >= 4 is 39.4 Å². The minimum atomic E-state index is -3.56. The van der Waals surface area contributed by atoms with E-state index in [4.69, 9.17) is 0 Å². The van der Waals surface area contributed by atoms with Crippen molar-refractivity contribution in [1.29, 1.82) is 0 Å². The van der Waals surface area contributed by atoms with Crippen LogP contribution in [0.15, 0.2) is 0 Å². The molecule has 1 heterocycles. The molecule has 0 spiro atoms. The Bertz CT molecular complexity index is 1290. The fourth-order valence-electron chi connectivity index (χ4n) is 6.89. The summed E-state index contributed by atoms with van der Waals surface area (Å²) in [6, 6.07) is -3.53. The zero-order valence-corrected chi connectivity index (χ0v) is 30.8. The van der Waals surface area contributed by atoms with Crippen molar-refractivity contribution in [3.8, 4) is 0 Å². The molecule has 4 N–H and O–H groups in total. The average Bonchev–Trinajstić information content (AvgIpc) is 3.66. The first-order valence-electron chi connectivity index (χ1n) is 17.3. The summed E-state index contributed by atoms with van der Waals surface area (Å²) in [7, 11) is -2.18. The van der Waals surface area contributed by atoms with Gasteiger partial charge in [0.05, 0.1) is 22.1 Å². The number of nitrogens with one attached hydrogen (secondary N) is 4. The largest absolute Gasteiger partial charge is 0.353 e. The van der Waals surface area contributed by atoms with Gasteiger partial charge in [0.2, 0.25) is 17.6 Å². The highest BCUT2D eigenvalue weighted by Gasteiger charge is 2.49. The Balaban J connectivity index is 1.86. The number of sulfone groups is 1. The van der Waals surface area contributed by atoms with E-state index in [1.54, 1.807) is 20.8 Å². The zero-order valence-electron chi connectivity index (χ0n) is 30.0. The first-order chi connectivity index (χ1) is 21.6. The van der Waals surface area contributed by atoms with Gasteiger partial charge in [0.15, 0.2) is 9.84 Å². The molecule has 0 aromatic carbocycles. The van der Waals surface area contributed by atoms with Crippen LogP contribution in [0.1, 0.15) is 113 Å². The number of rotatable bonds is 12. The maximum absolute atomic E-state index is 14.4. The molecule has 2 aliphatic carbocycles. The van der Waals surface area contributed by atoms with E-state index < -0.39 is 73.2 Å². The number of ketones is 1. The third-order valence-corrected chi connectivity index (χ3v) is 13.0. The van der Waals surface area contributed by atoms with Gasteiger partial charge in [0, 0.05) is 13.6 Å². The van der Waals surface area contributed by atoms with Crippen LogP contribution >= 0.6 is 0 Å². The number of hydrogen-bond acceptors (Lipinski definition) is 7. The van der Waals surface area contributed by atoms with Crippen LogP contribution in [-0.4, -0.2) is 90.6 Å². The maximum Gasteiger partial charge on any atom is 0.315 e. The smallest absolute Gasteiger partial charge is 0.315 e. The number of urea groups is 1. The fourth-order valence-corrected chi connectivity index (χ4v) is 8.41. The Kier molecular flexibility index (Phi) is 12.2. The van der Waals surface area contributed by atoms with E-state index in [9.17, 15) is 32.4 Å². The second-order valence-electron chi connectivity index (χ2n) is 16.5. The molecule has 268 valence electrons. The monoisotopic (exact) mass is 681 g/mol. The molecule has 1 aliphatic heterocycles. The van der Waals surface area contributed by atoms with Gasteiger partial charge in [-0.05, 0) is 69.6 Å². The number of Topliss-reactive ketones (excluding diaryl/α,β-unsaturated/α-hetero) is 1. The minimum Gasteiger partial charge on any atom is -0.353 e. The second kappa shape index (κ2) is 14.8. The lowest BCUT2D eigenvalue weighted by Gasteiger charge is -2.41. The van der Waals surface area contributed by atoms with E-state index in [0.717, 1.165) is 32.1 Å². The van der Waals surface area contributed by atoms with E-state index in [0.29, 0.717) is 32.2 Å². The van der Waals surface area contributed by atoms with Gasteiger partial charge >= 0.3 is 6.03 Å². The summed E-state index contributed by atoms with van der Waals surface area (Å²) in [5.74, 6) is -2.47.